The maximum atomic E-state index is 12.3. The highest BCUT2D eigenvalue weighted by molar-refractivity contribution is 7.99. The number of anilines is 1. The fourth-order valence-corrected chi connectivity index (χ4v) is 3.53. The van der Waals surface area contributed by atoms with E-state index >= 15 is 0 Å². The highest BCUT2D eigenvalue weighted by atomic mass is 32.2. The first kappa shape index (κ1) is 18.2. The quantitative estimate of drug-likeness (QED) is 0.770. The van der Waals surface area contributed by atoms with Crippen LogP contribution in [0.15, 0.2) is 29.2 Å². The third-order valence-electron chi connectivity index (χ3n) is 2.62. The number of halogens is 3. The molecule has 1 rings (SSSR count). The van der Waals surface area contributed by atoms with Crippen LogP contribution in [-0.2, 0) is 9.84 Å². The second-order valence-electron chi connectivity index (χ2n) is 4.64. The number of thioether (sulfide) groups is 1. The predicted molar refractivity (Wildman–Crippen MR) is 80.6 cm³/mol. The van der Waals surface area contributed by atoms with E-state index in [-0.39, 0.29) is 17.5 Å². The molecule has 1 unspecified atom stereocenters. The largest absolute Gasteiger partial charge is 0.398 e. The van der Waals surface area contributed by atoms with E-state index in [1.807, 2.05) is 0 Å². The second-order valence-corrected chi connectivity index (χ2v) is 8.06. The number of para-hydroxylation sites is 1. The standard InChI is InChI=1S/C13H18F3NO2S2/c1-3-21(18,19)8-10(2)17-11-6-4-5-7-12(11)20-9-13(14,15)16/h4-7,10,17H,3,8-9H2,1-2H3. The summed E-state index contributed by atoms with van der Waals surface area (Å²) in [5.74, 6) is -0.988. The normalized spacial score (nSPS) is 14.0. The molecule has 1 N–H and O–H groups in total. The zero-order chi connectivity index (χ0) is 16.1. The van der Waals surface area contributed by atoms with E-state index in [0.29, 0.717) is 22.3 Å². The third kappa shape index (κ3) is 7.08. The van der Waals surface area contributed by atoms with E-state index in [1.165, 1.54) is 0 Å². The van der Waals surface area contributed by atoms with Crippen molar-refractivity contribution in [1.82, 2.24) is 0 Å². The van der Waals surface area contributed by atoms with Crippen LogP contribution in [-0.4, -0.2) is 37.9 Å². The maximum absolute atomic E-state index is 12.3. The van der Waals surface area contributed by atoms with Gasteiger partial charge in [-0.05, 0) is 19.1 Å². The molecule has 1 aromatic carbocycles. The Morgan fingerprint density at radius 3 is 2.48 bits per heavy atom. The molecule has 120 valence electrons. The summed E-state index contributed by atoms with van der Waals surface area (Å²) in [6.45, 7) is 3.26. The molecular formula is C13H18F3NO2S2. The van der Waals surface area contributed by atoms with Crippen LogP contribution in [0.1, 0.15) is 13.8 Å². The first-order chi connectivity index (χ1) is 9.63. The average Bonchev–Trinajstić information content (AvgIpc) is 2.36. The van der Waals surface area contributed by atoms with Crippen LogP contribution in [0.25, 0.3) is 0 Å². The summed E-state index contributed by atoms with van der Waals surface area (Å²) in [5.41, 5.74) is 0.519. The molecule has 0 saturated heterocycles. The van der Waals surface area contributed by atoms with Gasteiger partial charge in [0, 0.05) is 22.4 Å². The van der Waals surface area contributed by atoms with Gasteiger partial charge in [-0.1, -0.05) is 19.1 Å². The van der Waals surface area contributed by atoms with Crippen LogP contribution in [0.2, 0.25) is 0 Å². The monoisotopic (exact) mass is 341 g/mol. The first-order valence-corrected chi connectivity index (χ1v) is 9.19. The van der Waals surface area contributed by atoms with Crippen molar-refractivity contribution in [2.24, 2.45) is 0 Å². The maximum Gasteiger partial charge on any atom is 0.398 e. The summed E-state index contributed by atoms with van der Waals surface area (Å²) in [5, 5.41) is 2.97. The molecule has 3 nitrogen and oxygen atoms in total. The molecule has 0 aliphatic carbocycles. The lowest BCUT2D eigenvalue weighted by Crippen LogP contribution is -2.27. The van der Waals surface area contributed by atoms with Gasteiger partial charge in [0.25, 0.3) is 0 Å². The molecular weight excluding hydrogens is 323 g/mol. The van der Waals surface area contributed by atoms with Crippen molar-refractivity contribution in [3.63, 3.8) is 0 Å². The van der Waals surface area contributed by atoms with E-state index in [1.54, 1.807) is 38.1 Å². The van der Waals surface area contributed by atoms with Gasteiger partial charge in [0.2, 0.25) is 0 Å². The van der Waals surface area contributed by atoms with Crippen LogP contribution >= 0.6 is 11.8 Å². The first-order valence-electron chi connectivity index (χ1n) is 6.38. The zero-order valence-corrected chi connectivity index (χ0v) is 13.4. The van der Waals surface area contributed by atoms with Crippen LogP contribution in [0.3, 0.4) is 0 Å². The molecule has 0 spiro atoms. The summed E-state index contributed by atoms with van der Waals surface area (Å²) in [4.78, 5) is 0.454. The topological polar surface area (TPSA) is 46.2 Å². The van der Waals surface area contributed by atoms with E-state index in [0.717, 1.165) is 0 Å². The SMILES string of the molecule is CCS(=O)(=O)CC(C)Nc1ccccc1SCC(F)(F)F. The van der Waals surface area contributed by atoms with Crippen molar-refractivity contribution >= 4 is 27.3 Å². The number of sulfone groups is 1. The van der Waals surface area contributed by atoms with Crippen LogP contribution in [0.4, 0.5) is 18.9 Å². The van der Waals surface area contributed by atoms with Crippen LogP contribution in [0.5, 0.6) is 0 Å². The molecule has 1 aromatic rings. The molecule has 0 amide bonds. The Morgan fingerprint density at radius 2 is 1.90 bits per heavy atom. The van der Waals surface area contributed by atoms with E-state index in [2.05, 4.69) is 5.32 Å². The number of hydrogen-bond donors (Lipinski definition) is 1. The minimum Gasteiger partial charge on any atom is -0.381 e. The number of hydrogen-bond acceptors (Lipinski definition) is 4. The Bertz CT molecular complexity index is 559. The van der Waals surface area contributed by atoms with E-state index in [4.69, 9.17) is 0 Å². The molecule has 0 heterocycles. The van der Waals surface area contributed by atoms with Gasteiger partial charge >= 0.3 is 6.18 Å². The molecule has 0 fully saturated rings. The van der Waals surface area contributed by atoms with Crippen molar-refractivity contribution < 1.29 is 21.6 Å². The summed E-state index contributed by atoms with van der Waals surface area (Å²) >= 11 is 0.683. The number of nitrogens with one attached hydrogen (secondary N) is 1. The van der Waals surface area contributed by atoms with Gasteiger partial charge in [0.15, 0.2) is 9.84 Å². The average molecular weight is 341 g/mol. The summed E-state index contributed by atoms with van der Waals surface area (Å²) in [6.07, 6.45) is -4.24. The van der Waals surface area contributed by atoms with E-state index in [9.17, 15) is 21.6 Å². The van der Waals surface area contributed by atoms with E-state index < -0.39 is 21.8 Å². The molecule has 8 heteroatoms. The van der Waals surface area contributed by atoms with Gasteiger partial charge in [0.05, 0.1) is 11.5 Å². The van der Waals surface area contributed by atoms with Gasteiger partial charge in [-0.2, -0.15) is 13.2 Å². The minimum atomic E-state index is -4.24. The minimum absolute atomic E-state index is 0.0451. The highest BCUT2D eigenvalue weighted by Gasteiger charge is 2.27. The lowest BCUT2D eigenvalue weighted by molar-refractivity contribution is -0.105. The fourth-order valence-electron chi connectivity index (χ4n) is 1.68. The molecule has 21 heavy (non-hydrogen) atoms. The van der Waals surface area contributed by atoms with Crippen molar-refractivity contribution in [2.75, 3.05) is 22.6 Å². The van der Waals surface area contributed by atoms with Crippen molar-refractivity contribution in [3.8, 4) is 0 Å². The Hall–Kier alpha value is -0.890. The Morgan fingerprint density at radius 1 is 1.29 bits per heavy atom. The molecule has 0 bridgehead atoms. The summed E-state index contributed by atoms with van der Waals surface area (Å²) < 4.78 is 59.9. The van der Waals surface area contributed by atoms with Crippen molar-refractivity contribution in [2.45, 2.75) is 31.0 Å². The van der Waals surface area contributed by atoms with Gasteiger partial charge in [-0.25, -0.2) is 8.42 Å². The Balaban J connectivity index is 2.75. The molecule has 0 radical (unpaired) electrons. The van der Waals surface area contributed by atoms with Crippen LogP contribution < -0.4 is 5.32 Å². The van der Waals surface area contributed by atoms with Crippen molar-refractivity contribution in [3.05, 3.63) is 24.3 Å². The number of benzene rings is 1. The lowest BCUT2D eigenvalue weighted by Gasteiger charge is -2.18. The summed E-state index contributed by atoms with van der Waals surface area (Å²) in [7, 11) is -3.14. The van der Waals surface area contributed by atoms with Gasteiger partial charge in [0.1, 0.15) is 0 Å². The fraction of sp³-hybridized carbons (Fsp3) is 0.538. The number of rotatable bonds is 7. The van der Waals surface area contributed by atoms with Gasteiger partial charge < -0.3 is 5.32 Å². The number of alkyl halides is 3. The molecule has 1 atom stereocenters. The molecule has 0 aliphatic heterocycles. The summed E-state index contributed by atoms with van der Waals surface area (Å²) in [6, 6.07) is 6.20. The smallest absolute Gasteiger partial charge is 0.381 e. The lowest BCUT2D eigenvalue weighted by atomic mass is 10.3. The molecule has 0 saturated carbocycles. The van der Waals surface area contributed by atoms with Gasteiger partial charge in [-0.15, -0.1) is 11.8 Å². The predicted octanol–water partition coefficient (Wildman–Crippen LogP) is 3.58. The Labute approximate surface area is 127 Å². The Kier molecular flexibility index (Phi) is 6.40. The zero-order valence-electron chi connectivity index (χ0n) is 11.8. The molecule has 0 aliphatic rings. The second kappa shape index (κ2) is 7.40. The third-order valence-corrected chi connectivity index (χ3v) is 5.65. The highest BCUT2D eigenvalue weighted by Crippen LogP contribution is 2.32. The van der Waals surface area contributed by atoms with Crippen LogP contribution in [0, 0.1) is 0 Å². The van der Waals surface area contributed by atoms with Gasteiger partial charge in [-0.3, -0.25) is 0 Å². The molecule has 0 aromatic heterocycles. The van der Waals surface area contributed by atoms with Crippen molar-refractivity contribution in [1.29, 1.82) is 0 Å².